The molecule has 2 aromatic rings. The molecule has 6 nitrogen and oxygen atoms in total. The van der Waals surface area contributed by atoms with Crippen molar-refractivity contribution in [2.45, 2.75) is 43.1 Å². The zero-order valence-corrected chi connectivity index (χ0v) is 14.8. The lowest BCUT2D eigenvalue weighted by Gasteiger charge is -2.14. The van der Waals surface area contributed by atoms with Crippen LogP contribution in [0.25, 0.3) is 11.4 Å². The van der Waals surface area contributed by atoms with Crippen molar-refractivity contribution in [3.8, 4) is 17.1 Å². The van der Waals surface area contributed by atoms with Gasteiger partial charge in [0, 0.05) is 13.1 Å². The number of nitrogens with one attached hydrogen (secondary N) is 1. The monoisotopic (exact) mass is 346 g/mol. The van der Waals surface area contributed by atoms with Crippen molar-refractivity contribution >= 4 is 17.7 Å². The molecule has 1 aromatic heterocycles. The van der Waals surface area contributed by atoms with Gasteiger partial charge in [0.15, 0.2) is 11.0 Å². The number of ether oxygens (including phenoxy) is 1. The number of benzene rings is 1. The van der Waals surface area contributed by atoms with Gasteiger partial charge in [0.25, 0.3) is 0 Å². The molecule has 1 N–H and O–H groups in total. The molecule has 2 heterocycles. The Morgan fingerprint density at radius 1 is 1.33 bits per heavy atom. The van der Waals surface area contributed by atoms with E-state index in [1.807, 2.05) is 28.8 Å². The molecular weight excluding hydrogens is 324 g/mol. The molecule has 3 rings (SSSR count). The first kappa shape index (κ1) is 16.8. The molecule has 1 aromatic carbocycles. The van der Waals surface area contributed by atoms with Gasteiger partial charge in [-0.2, -0.15) is 0 Å². The first-order valence-corrected chi connectivity index (χ1v) is 9.13. The van der Waals surface area contributed by atoms with Crippen molar-refractivity contribution < 1.29 is 9.53 Å². The van der Waals surface area contributed by atoms with Gasteiger partial charge >= 0.3 is 0 Å². The van der Waals surface area contributed by atoms with Crippen LogP contribution in [-0.4, -0.2) is 39.6 Å². The summed E-state index contributed by atoms with van der Waals surface area (Å²) in [5, 5.41) is 12.3. The van der Waals surface area contributed by atoms with Crippen LogP contribution in [0.3, 0.4) is 0 Å². The maximum atomic E-state index is 12.2. The van der Waals surface area contributed by atoms with Crippen LogP contribution in [0.15, 0.2) is 29.4 Å². The van der Waals surface area contributed by atoms with Crippen molar-refractivity contribution in [3.05, 3.63) is 24.3 Å². The summed E-state index contributed by atoms with van der Waals surface area (Å²) < 4.78 is 7.48. The number of rotatable bonds is 5. The van der Waals surface area contributed by atoms with E-state index in [1.54, 1.807) is 7.11 Å². The quantitative estimate of drug-likeness (QED) is 0.901. The predicted molar refractivity (Wildman–Crippen MR) is 94.2 cm³/mol. The van der Waals surface area contributed by atoms with Gasteiger partial charge in [-0.15, -0.1) is 10.2 Å². The smallest absolute Gasteiger partial charge is 0.233 e. The van der Waals surface area contributed by atoms with E-state index in [-0.39, 0.29) is 11.2 Å². The van der Waals surface area contributed by atoms with Gasteiger partial charge in [0.05, 0.1) is 17.9 Å². The van der Waals surface area contributed by atoms with E-state index in [0.717, 1.165) is 54.6 Å². The topological polar surface area (TPSA) is 69.0 Å². The summed E-state index contributed by atoms with van der Waals surface area (Å²) in [6, 6.07) is 7.77. The van der Waals surface area contributed by atoms with Gasteiger partial charge in [0.2, 0.25) is 5.91 Å². The summed E-state index contributed by atoms with van der Waals surface area (Å²) >= 11 is 1.50. The molecule has 1 unspecified atom stereocenters. The number of methoxy groups -OCH3 is 1. The Labute approximate surface area is 146 Å². The third-order valence-electron chi connectivity index (χ3n) is 4.11. The van der Waals surface area contributed by atoms with Crippen LogP contribution in [-0.2, 0) is 11.3 Å². The third kappa shape index (κ3) is 3.40. The molecule has 0 spiro atoms. The Kier molecular flexibility index (Phi) is 5.40. The average molecular weight is 346 g/mol. The third-order valence-corrected chi connectivity index (χ3v) is 5.36. The van der Waals surface area contributed by atoms with Gasteiger partial charge in [0.1, 0.15) is 5.75 Å². The Balaban J connectivity index is 1.91. The molecule has 1 atom stereocenters. The fourth-order valence-corrected chi connectivity index (χ4v) is 4.00. The maximum absolute atomic E-state index is 12.2. The van der Waals surface area contributed by atoms with Crippen LogP contribution >= 0.6 is 11.8 Å². The summed E-state index contributed by atoms with van der Waals surface area (Å²) in [5.41, 5.74) is 0.909. The van der Waals surface area contributed by atoms with Crippen molar-refractivity contribution in [2.75, 3.05) is 13.7 Å². The number of para-hydroxylation sites is 1. The summed E-state index contributed by atoms with van der Waals surface area (Å²) in [6.45, 7) is 3.55. The summed E-state index contributed by atoms with van der Waals surface area (Å²) in [7, 11) is 1.65. The first-order valence-electron chi connectivity index (χ1n) is 8.25. The molecule has 0 radical (unpaired) electrons. The minimum absolute atomic E-state index is 0.0991. The number of thioether (sulfide) groups is 1. The lowest BCUT2D eigenvalue weighted by atomic mass is 10.2. The van der Waals surface area contributed by atoms with E-state index < -0.39 is 0 Å². The largest absolute Gasteiger partial charge is 0.496 e. The van der Waals surface area contributed by atoms with Crippen LogP contribution in [0.2, 0.25) is 0 Å². The normalized spacial score (nSPS) is 18.1. The first-order chi connectivity index (χ1) is 11.7. The highest BCUT2D eigenvalue weighted by molar-refractivity contribution is 8.00. The summed E-state index contributed by atoms with van der Waals surface area (Å²) in [6.07, 6.45) is 2.96. The molecule has 128 valence electrons. The van der Waals surface area contributed by atoms with Crippen LogP contribution in [0.5, 0.6) is 5.75 Å². The number of hydrogen-bond donors (Lipinski definition) is 1. The molecule has 1 aliphatic rings. The standard InChI is InChI=1S/C17H22N4O2S/c1-3-21-15(12-8-4-5-9-13(12)23-2)19-20-17(21)24-14-10-6-7-11-18-16(14)22/h4-5,8-9,14H,3,6-7,10-11H2,1-2H3,(H,18,22). The van der Waals surface area contributed by atoms with Gasteiger partial charge in [-0.3, -0.25) is 4.79 Å². The van der Waals surface area contributed by atoms with E-state index >= 15 is 0 Å². The fraction of sp³-hybridized carbons (Fsp3) is 0.471. The predicted octanol–water partition coefficient (Wildman–Crippen LogP) is 2.73. The van der Waals surface area contributed by atoms with E-state index in [9.17, 15) is 4.79 Å². The highest BCUT2D eigenvalue weighted by Crippen LogP contribution is 2.33. The fourth-order valence-electron chi connectivity index (χ4n) is 2.84. The number of amides is 1. The van der Waals surface area contributed by atoms with Gasteiger partial charge in [-0.1, -0.05) is 30.3 Å². The van der Waals surface area contributed by atoms with E-state index in [4.69, 9.17) is 4.74 Å². The number of hydrogen-bond acceptors (Lipinski definition) is 5. The van der Waals surface area contributed by atoms with Crippen LogP contribution in [0.1, 0.15) is 26.2 Å². The average Bonchev–Trinajstić information content (AvgIpc) is 2.91. The minimum atomic E-state index is -0.104. The van der Waals surface area contributed by atoms with E-state index in [0.29, 0.717) is 0 Å². The van der Waals surface area contributed by atoms with Crippen molar-refractivity contribution in [1.29, 1.82) is 0 Å². The molecule has 24 heavy (non-hydrogen) atoms. The van der Waals surface area contributed by atoms with Gasteiger partial charge in [-0.05, 0) is 31.9 Å². The van der Waals surface area contributed by atoms with E-state index in [2.05, 4.69) is 22.4 Å². The van der Waals surface area contributed by atoms with Crippen LogP contribution in [0, 0.1) is 0 Å². The molecule has 1 fully saturated rings. The molecule has 7 heteroatoms. The molecule has 0 saturated carbocycles. The number of carbonyl (C=O) groups is 1. The lowest BCUT2D eigenvalue weighted by Crippen LogP contribution is -2.30. The summed E-state index contributed by atoms with van der Waals surface area (Å²) in [4.78, 5) is 12.2. The number of nitrogens with zero attached hydrogens (tertiary/aromatic N) is 3. The maximum Gasteiger partial charge on any atom is 0.233 e. The van der Waals surface area contributed by atoms with Crippen LogP contribution < -0.4 is 10.1 Å². The highest BCUT2D eigenvalue weighted by Gasteiger charge is 2.25. The van der Waals surface area contributed by atoms with Gasteiger partial charge < -0.3 is 14.6 Å². The highest BCUT2D eigenvalue weighted by atomic mass is 32.2. The van der Waals surface area contributed by atoms with E-state index in [1.165, 1.54) is 11.8 Å². The Hall–Kier alpha value is -2.02. The minimum Gasteiger partial charge on any atom is -0.496 e. The molecule has 1 saturated heterocycles. The second-order valence-corrected chi connectivity index (χ2v) is 6.81. The number of carbonyl (C=O) groups excluding carboxylic acids is 1. The van der Waals surface area contributed by atoms with Gasteiger partial charge in [-0.25, -0.2) is 0 Å². The zero-order chi connectivity index (χ0) is 16.9. The molecule has 0 aliphatic carbocycles. The summed E-state index contributed by atoms with van der Waals surface area (Å²) in [5.74, 6) is 1.64. The van der Waals surface area contributed by atoms with Crippen molar-refractivity contribution in [3.63, 3.8) is 0 Å². The van der Waals surface area contributed by atoms with Crippen molar-refractivity contribution in [2.24, 2.45) is 0 Å². The molecule has 0 bridgehead atoms. The Bertz CT molecular complexity index is 716. The SMILES string of the molecule is CCn1c(SC2CCCCNC2=O)nnc1-c1ccccc1OC. The second-order valence-electron chi connectivity index (χ2n) is 5.64. The van der Waals surface area contributed by atoms with Crippen molar-refractivity contribution in [1.82, 2.24) is 20.1 Å². The zero-order valence-electron chi connectivity index (χ0n) is 14.0. The Morgan fingerprint density at radius 2 is 2.17 bits per heavy atom. The lowest BCUT2D eigenvalue weighted by molar-refractivity contribution is -0.120. The van der Waals surface area contributed by atoms with Crippen LogP contribution in [0.4, 0.5) is 0 Å². The Morgan fingerprint density at radius 3 is 2.96 bits per heavy atom. The second kappa shape index (κ2) is 7.70. The molecule has 1 amide bonds. The molecular formula is C17H22N4O2S. The number of aromatic nitrogens is 3. The molecule has 1 aliphatic heterocycles.